The molecule has 3 aromatic rings. The molecule has 1 spiro atoms. The lowest BCUT2D eigenvalue weighted by Gasteiger charge is -2.37. The quantitative estimate of drug-likeness (QED) is 0.306. The number of rotatable bonds is 7. The van der Waals surface area contributed by atoms with Crippen LogP contribution in [0.4, 0.5) is 18.0 Å². The van der Waals surface area contributed by atoms with Gasteiger partial charge in [0.2, 0.25) is 0 Å². The molecule has 11 heteroatoms. The number of likely N-dealkylation sites (tertiary alicyclic amines) is 2. The van der Waals surface area contributed by atoms with E-state index in [0.717, 1.165) is 23.3 Å². The summed E-state index contributed by atoms with van der Waals surface area (Å²) in [5.41, 5.74) is 1.55. The lowest BCUT2D eigenvalue weighted by atomic mass is 9.91. The summed E-state index contributed by atoms with van der Waals surface area (Å²) in [5.74, 6) is 0.655. The molecule has 3 aliphatic rings. The van der Waals surface area contributed by atoms with Crippen molar-refractivity contribution in [1.82, 2.24) is 14.7 Å². The fourth-order valence-electron chi connectivity index (χ4n) is 6.43. The van der Waals surface area contributed by atoms with Crippen molar-refractivity contribution in [2.75, 3.05) is 32.7 Å². The summed E-state index contributed by atoms with van der Waals surface area (Å²) >= 11 is 0. The highest BCUT2D eigenvalue weighted by Crippen LogP contribution is 2.35. The Morgan fingerprint density at radius 3 is 2.28 bits per heavy atom. The van der Waals surface area contributed by atoms with E-state index in [-0.39, 0.29) is 18.1 Å². The van der Waals surface area contributed by atoms with Crippen LogP contribution in [0.15, 0.2) is 72.8 Å². The number of amides is 2. The monoisotopic (exact) mass is 632 g/mol. The topological polar surface area (TPSA) is 86.1 Å². The van der Waals surface area contributed by atoms with Gasteiger partial charge in [0.15, 0.2) is 0 Å². The summed E-state index contributed by atoms with van der Waals surface area (Å²) < 4.78 is 50.6. The van der Waals surface area contributed by atoms with Crippen LogP contribution in [-0.2, 0) is 24.0 Å². The lowest BCUT2D eigenvalue weighted by Crippen LogP contribution is -2.46. The van der Waals surface area contributed by atoms with Crippen LogP contribution in [-0.4, -0.2) is 71.1 Å². The highest BCUT2D eigenvalue weighted by atomic mass is 19.4. The predicted octanol–water partition coefficient (Wildman–Crippen LogP) is 6.25. The minimum atomic E-state index is -4.35. The number of nitrogens with zero attached hydrogens (tertiary/aromatic N) is 4. The fraction of sp³-hybridized carbons (Fsp3) is 0.400. The zero-order valence-corrected chi connectivity index (χ0v) is 25.3. The van der Waals surface area contributed by atoms with Crippen LogP contribution in [0.1, 0.15) is 58.3 Å². The van der Waals surface area contributed by atoms with Crippen LogP contribution in [0.5, 0.6) is 5.75 Å². The maximum Gasteiger partial charge on any atom is 0.416 e. The first-order chi connectivity index (χ1) is 22.1. The van der Waals surface area contributed by atoms with Crippen molar-refractivity contribution in [3.05, 3.63) is 101 Å². The van der Waals surface area contributed by atoms with Crippen molar-refractivity contribution >= 4 is 12.0 Å². The molecule has 3 heterocycles. The Morgan fingerprint density at radius 2 is 1.63 bits per heavy atom. The number of carbonyl (C=O) groups is 2. The highest BCUT2D eigenvalue weighted by Gasteiger charge is 2.47. The Morgan fingerprint density at radius 1 is 0.935 bits per heavy atom. The molecule has 0 atom stereocenters. The van der Waals surface area contributed by atoms with Gasteiger partial charge >= 0.3 is 12.3 Å². The zero-order chi connectivity index (χ0) is 32.3. The molecule has 0 N–H and O–H groups in total. The summed E-state index contributed by atoms with van der Waals surface area (Å²) in [5, 5.41) is 8.97. The van der Waals surface area contributed by atoms with Crippen molar-refractivity contribution in [2.24, 2.45) is 0 Å². The van der Waals surface area contributed by atoms with Gasteiger partial charge in [-0.3, -0.25) is 14.6 Å². The van der Waals surface area contributed by atoms with Crippen molar-refractivity contribution < 1.29 is 32.2 Å². The normalized spacial score (nSPS) is 18.8. The molecule has 3 fully saturated rings. The van der Waals surface area contributed by atoms with Gasteiger partial charge in [-0.05, 0) is 59.7 Å². The second-order valence-electron chi connectivity index (χ2n) is 12.3. The minimum absolute atomic E-state index is 0.00602. The van der Waals surface area contributed by atoms with E-state index in [1.54, 1.807) is 35.2 Å². The number of carbonyl (C=O) groups excluding carboxylic acids is 2. The first-order valence-corrected chi connectivity index (χ1v) is 15.5. The second-order valence-corrected chi connectivity index (χ2v) is 12.3. The van der Waals surface area contributed by atoms with Gasteiger partial charge in [-0.15, -0.1) is 0 Å². The van der Waals surface area contributed by atoms with Gasteiger partial charge in [0.25, 0.3) is 5.91 Å². The van der Waals surface area contributed by atoms with Crippen LogP contribution in [0.3, 0.4) is 0 Å². The molecule has 0 bridgehead atoms. The van der Waals surface area contributed by atoms with E-state index in [1.165, 1.54) is 12.1 Å². The van der Waals surface area contributed by atoms with E-state index in [1.807, 2.05) is 23.1 Å². The molecule has 240 valence electrons. The maximum absolute atomic E-state index is 13.3. The number of alkyl halides is 3. The first-order valence-electron chi connectivity index (χ1n) is 15.5. The summed E-state index contributed by atoms with van der Waals surface area (Å²) in [7, 11) is 0. The third-order valence-electron chi connectivity index (χ3n) is 9.06. The van der Waals surface area contributed by atoms with Crippen molar-refractivity contribution in [2.45, 2.75) is 56.7 Å². The molecule has 0 unspecified atom stereocenters. The van der Waals surface area contributed by atoms with E-state index >= 15 is 0 Å². The molecule has 46 heavy (non-hydrogen) atoms. The van der Waals surface area contributed by atoms with Gasteiger partial charge in [0, 0.05) is 70.5 Å². The second kappa shape index (κ2) is 13.0. The van der Waals surface area contributed by atoms with Crippen molar-refractivity contribution in [1.29, 1.82) is 5.26 Å². The summed E-state index contributed by atoms with van der Waals surface area (Å²) in [6.07, 6.45) is -2.05. The molecule has 3 aromatic carbocycles. The lowest BCUT2D eigenvalue weighted by molar-refractivity contribution is -0.137. The number of hydrogen-bond donors (Lipinski definition) is 0. The zero-order valence-electron chi connectivity index (χ0n) is 25.3. The highest BCUT2D eigenvalue weighted by molar-refractivity contribution is 5.94. The van der Waals surface area contributed by atoms with Crippen molar-refractivity contribution in [3.8, 4) is 11.8 Å². The molecule has 3 saturated heterocycles. The number of halogens is 3. The summed E-state index contributed by atoms with van der Waals surface area (Å²) in [4.78, 5) is 31.9. The molecule has 0 saturated carbocycles. The number of piperidine rings is 2. The third-order valence-corrected chi connectivity index (χ3v) is 9.06. The Bertz CT molecular complexity index is 1590. The first kappa shape index (κ1) is 31.4. The Balaban J connectivity index is 0.984. The standard InChI is InChI=1S/C35H35F3N4O4/c36-35(37,38)29-8-4-26(5-9-29)22-40-18-14-34(15-19-40)24-42(33(44)46-34)23-27-2-1-3-28(20-27)32(43)41-16-12-31(13-17-41)45-30-10-6-25(21-39)7-11-30/h1-11,20,31H,12-19,22-24H2. The fourth-order valence-corrected chi connectivity index (χ4v) is 6.43. The van der Waals surface area contributed by atoms with E-state index in [9.17, 15) is 22.8 Å². The molecule has 0 aliphatic carbocycles. The van der Waals surface area contributed by atoms with Crippen LogP contribution in [0.2, 0.25) is 0 Å². The van der Waals surface area contributed by atoms with E-state index in [2.05, 4.69) is 11.0 Å². The van der Waals surface area contributed by atoms with Crippen LogP contribution < -0.4 is 4.74 Å². The third kappa shape index (κ3) is 7.29. The predicted molar refractivity (Wildman–Crippen MR) is 163 cm³/mol. The van der Waals surface area contributed by atoms with Crippen LogP contribution >= 0.6 is 0 Å². The molecule has 2 amide bonds. The summed E-state index contributed by atoms with van der Waals surface area (Å²) in [6, 6.07) is 21.7. The summed E-state index contributed by atoms with van der Waals surface area (Å²) in [6.45, 7) is 3.79. The van der Waals surface area contributed by atoms with Crippen LogP contribution in [0.25, 0.3) is 0 Å². The molecular weight excluding hydrogens is 597 g/mol. The van der Waals surface area contributed by atoms with Crippen molar-refractivity contribution in [3.63, 3.8) is 0 Å². The van der Waals surface area contributed by atoms with E-state index < -0.39 is 17.3 Å². The molecule has 3 aliphatic heterocycles. The molecule has 0 radical (unpaired) electrons. The Kier molecular flexibility index (Phi) is 8.91. The van der Waals surface area contributed by atoms with E-state index in [0.29, 0.717) is 88.4 Å². The number of hydrogen-bond acceptors (Lipinski definition) is 6. The molecule has 0 aromatic heterocycles. The number of nitriles is 1. The molecule has 8 nitrogen and oxygen atoms in total. The maximum atomic E-state index is 13.3. The Labute approximate surface area is 265 Å². The van der Waals surface area contributed by atoms with Gasteiger partial charge in [0.1, 0.15) is 17.5 Å². The Hall–Kier alpha value is -4.56. The number of benzene rings is 3. The van der Waals surface area contributed by atoms with Gasteiger partial charge in [-0.25, -0.2) is 4.79 Å². The minimum Gasteiger partial charge on any atom is -0.490 e. The largest absolute Gasteiger partial charge is 0.490 e. The SMILES string of the molecule is N#Cc1ccc(OC2CCN(C(=O)c3cccc(CN4CC5(CCN(Cc6ccc(C(F)(F)F)cc6)CC5)OC4=O)c3)CC2)cc1. The number of ether oxygens (including phenoxy) is 2. The van der Waals surface area contributed by atoms with Crippen LogP contribution in [0, 0.1) is 11.3 Å². The molecule has 6 rings (SSSR count). The smallest absolute Gasteiger partial charge is 0.416 e. The van der Waals surface area contributed by atoms with Gasteiger partial charge in [-0.2, -0.15) is 18.4 Å². The van der Waals surface area contributed by atoms with Gasteiger partial charge in [-0.1, -0.05) is 24.3 Å². The van der Waals surface area contributed by atoms with Gasteiger partial charge < -0.3 is 14.4 Å². The molecular formula is C35H35F3N4O4. The average Bonchev–Trinajstić information content (AvgIpc) is 3.36. The average molecular weight is 633 g/mol. The van der Waals surface area contributed by atoms with Gasteiger partial charge in [0.05, 0.1) is 23.7 Å². The van der Waals surface area contributed by atoms with E-state index in [4.69, 9.17) is 14.7 Å².